The van der Waals surface area contributed by atoms with Crippen LogP contribution in [0, 0.1) is 0 Å². The summed E-state index contributed by atoms with van der Waals surface area (Å²) in [5, 5.41) is 0. The first-order valence-corrected chi connectivity index (χ1v) is 4.94. The molecule has 1 heterocycles. The second-order valence-electron chi connectivity index (χ2n) is 3.27. The minimum atomic E-state index is 0.150. The molecule has 1 aliphatic heterocycles. The van der Waals surface area contributed by atoms with E-state index >= 15 is 0 Å². The summed E-state index contributed by atoms with van der Waals surface area (Å²) in [6.45, 7) is 2.94. The third kappa shape index (κ3) is 1.31. The van der Waals surface area contributed by atoms with Crippen LogP contribution in [-0.4, -0.2) is 22.9 Å². The number of aliphatic imine (C=N–C) groups is 1. The molecule has 3 heteroatoms. The normalized spacial score (nSPS) is 32.9. The van der Waals surface area contributed by atoms with Crippen molar-refractivity contribution in [1.29, 1.82) is 0 Å². The lowest BCUT2D eigenvalue weighted by Crippen LogP contribution is -2.14. The summed E-state index contributed by atoms with van der Waals surface area (Å²) < 4.78 is 5.64. The van der Waals surface area contributed by atoms with Gasteiger partial charge < -0.3 is 4.74 Å². The Morgan fingerprint density at radius 1 is 1.73 bits per heavy atom. The van der Waals surface area contributed by atoms with E-state index in [9.17, 15) is 0 Å². The predicted octanol–water partition coefficient (Wildman–Crippen LogP) is 2.12. The van der Waals surface area contributed by atoms with Gasteiger partial charge in [-0.15, -0.1) is 0 Å². The van der Waals surface area contributed by atoms with Gasteiger partial charge >= 0.3 is 0 Å². The average Bonchev–Trinajstić information content (AvgIpc) is 2.61. The molecule has 1 aliphatic carbocycles. The number of halogens is 1. The number of alkyl halides is 1. The Hall–Kier alpha value is -0.0500. The van der Waals surface area contributed by atoms with Gasteiger partial charge in [0.15, 0.2) is 0 Å². The summed E-state index contributed by atoms with van der Waals surface area (Å²) in [4.78, 5) is 4.49. The van der Waals surface area contributed by atoms with Gasteiger partial charge in [0.05, 0.1) is 6.04 Å². The number of rotatable bonds is 2. The fourth-order valence-electron chi connectivity index (χ4n) is 1.19. The van der Waals surface area contributed by atoms with Crippen LogP contribution in [0.4, 0.5) is 0 Å². The summed E-state index contributed by atoms with van der Waals surface area (Å²) in [5.41, 5.74) is 0. The summed E-state index contributed by atoms with van der Waals surface area (Å²) in [7, 11) is 0. The maximum atomic E-state index is 5.49. The fourth-order valence-corrected chi connectivity index (χ4v) is 1.61. The highest BCUT2D eigenvalue weighted by atomic mass is 79.9. The standard InChI is InChI=1S/C8H12BrNO/c1-2-6-5-11-7(10-6)8(9)3-4-8/h6H,2-5H2,1H3. The molecule has 2 rings (SSSR count). The molecule has 0 spiro atoms. The topological polar surface area (TPSA) is 21.6 Å². The predicted molar refractivity (Wildman–Crippen MR) is 48.4 cm³/mol. The Kier molecular flexibility index (Phi) is 1.71. The van der Waals surface area contributed by atoms with Gasteiger partial charge in [0, 0.05) is 0 Å². The first-order valence-electron chi connectivity index (χ1n) is 4.14. The quantitative estimate of drug-likeness (QED) is 0.650. The zero-order valence-electron chi connectivity index (χ0n) is 6.64. The molecule has 0 aromatic heterocycles. The highest BCUT2D eigenvalue weighted by Crippen LogP contribution is 2.47. The van der Waals surface area contributed by atoms with E-state index in [4.69, 9.17) is 4.74 Å². The van der Waals surface area contributed by atoms with Crippen LogP contribution < -0.4 is 0 Å². The Morgan fingerprint density at radius 3 is 2.91 bits per heavy atom. The van der Waals surface area contributed by atoms with Gasteiger partial charge in [-0.25, -0.2) is 4.99 Å². The second-order valence-corrected chi connectivity index (χ2v) is 4.79. The smallest absolute Gasteiger partial charge is 0.201 e. The molecule has 0 aromatic carbocycles. The van der Waals surface area contributed by atoms with Crippen LogP contribution in [0.3, 0.4) is 0 Å². The van der Waals surface area contributed by atoms with Gasteiger partial charge in [-0.2, -0.15) is 0 Å². The molecule has 0 radical (unpaired) electrons. The SMILES string of the molecule is CCC1COC(C2(Br)CC2)=N1. The highest BCUT2D eigenvalue weighted by Gasteiger charge is 2.48. The van der Waals surface area contributed by atoms with Crippen molar-refractivity contribution in [1.82, 2.24) is 0 Å². The van der Waals surface area contributed by atoms with Gasteiger partial charge in [0.1, 0.15) is 10.9 Å². The fraction of sp³-hybridized carbons (Fsp3) is 0.875. The van der Waals surface area contributed by atoms with E-state index in [2.05, 4.69) is 27.8 Å². The Balaban J connectivity index is 2.05. The third-order valence-electron chi connectivity index (χ3n) is 2.26. The van der Waals surface area contributed by atoms with E-state index < -0.39 is 0 Å². The van der Waals surface area contributed by atoms with Crippen molar-refractivity contribution in [3.05, 3.63) is 0 Å². The van der Waals surface area contributed by atoms with Gasteiger partial charge in [-0.3, -0.25) is 0 Å². The number of ether oxygens (including phenoxy) is 1. The molecular formula is C8H12BrNO. The zero-order chi connectivity index (χ0) is 7.90. The van der Waals surface area contributed by atoms with Crippen LogP contribution in [0.5, 0.6) is 0 Å². The molecule has 0 N–H and O–H groups in total. The summed E-state index contributed by atoms with van der Waals surface area (Å²) in [5.74, 6) is 0.948. The molecule has 2 nitrogen and oxygen atoms in total. The third-order valence-corrected chi connectivity index (χ3v) is 3.39. The van der Waals surface area contributed by atoms with Crippen molar-refractivity contribution in [2.24, 2.45) is 4.99 Å². The Bertz CT molecular complexity index is 198. The van der Waals surface area contributed by atoms with Crippen molar-refractivity contribution in [2.45, 2.75) is 36.6 Å². The zero-order valence-corrected chi connectivity index (χ0v) is 8.23. The maximum Gasteiger partial charge on any atom is 0.201 e. The molecule has 0 bridgehead atoms. The number of nitrogens with zero attached hydrogens (tertiary/aromatic N) is 1. The van der Waals surface area contributed by atoms with Crippen LogP contribution in [0.25, 0.3) is 0 Å². The van der Waals surface area contributed by atoms with E-state index in [-0.39, 0.29) is 4.32 Å². The van der Waals surface area contributed by atoms with Crippen molar-refractivity contribution in [2.75, 3.05) is 6.61 Å². The van der Waals surface area contributed by atoms with Crippen molar-refractivity contribution < 1.29 is 4.74 Å². The van der Waals surface area contributed by atoms with E-state index in [1.54, 1.807) is 0 Å². The molecule has 1 saturated carbocycles. The summed E-state index contributed by atoms with van der Waals surface area (Å²) in [6.07, 6.45) is 3.46. The highest BCUT2D eigenvalue weighted by molar-refractivity contribution is 9.10. The van der Waals surface area contributed by atoms with Crippen molar-refractivity contribution in [3.63, 3.8) is 0 Å². The first-order chi connectivity index (χ1) is 5.24. The van der Waals surface area contributed by atoms with E-state index in [0.717, 1.165) is 18.9 Å². The second kappa shape index (κ2) is 2.47. The average molecular weight is 218 g/mol. The minimum absolute atomic E-state index is 0.150. The lowest BCUT2D eigenvalue weighted by Gasteiger charge is -2.04. The van der Waals surface area contributed by atoms with Crippen LogP contribution in [-0.2, 0) is 4.74 Å². The monoisotopic (exact) mass is 217 g/mol. The lowest BCUT2D eigenvalue weighted by molar-refractivity contribution is 0.308. The Morgan fingerprint density at radius 2 is 2.45 bits per heavy atom. The maximum absolute atomic E-state index is 5.49. The molecule has 2 aliphatic rings. The molecule has 1 fully saturated rings. The summed E-state index contributed by atoms with van der Waals surface area (Å²) in [6, 6.07) is 0.417. The van der Waals surface area contributed by atoms with Crippen LogP contribution in [0.1, 0.15) is 26.2 Å². The largest absolute Gasteiger partial charge is 0.478 e. The van der Waals surface area contributed by atoms with Crippen molar-refractivity contribution >= 4 is 21.8 Å². The van der Waals surface area contributed by atoms with E-state index in [1.165, 1.54) is 12.8 Å². The molecule has 1 unspecified atom stereocenters. The first kappa shape index (κ1) is 7.59. The molecular weight excluding hydrogens is 206 g/mol. The number of hydrogen-bond acceptors (Lipinski definition) is 2. The van der Waals surface area contributed by atoms with Crippen LogP contribution in [0.2, 0.25) is 0 Å². The molecule has 62 valence electrons. The van der Waals surface area contributed by atoms with Gasteiger partial charge in [0.2, 0.25) is 5.90 Å². The molecule has 0 amide bonds. The van der Waals surface area contributed by atoms with Crippen molar-refractivity contribution in [3.8, 4) is 0 Å². The number of hydrogen-bond donors (Lipinski definition) is 0. The van der Waals surface area contributed by atoms with Gasteiger partial charge in [-0.1, -0.05) is 22.9 Å². The van der Waals surface area contributed by atoms with Gasteiger partial charge in [0.25, 0.3) is 0 Å². The van der Waals surface area contributed by atoms with E-state index in [1.807, 2.05) is 0 Å². The molecule has 11 heavy (non-hydrogen) atoms. The lowest BCUT2D eigenvalue weighted by atomic mass is 10.3. The molecule has 1 atom stereocenters. The molecule has 0 aromatic rings. The van der Waals surface area contributed by atoms with Gasteiger partial charge in [-0.05, 0) is 19.3 Å². The van der Waals surface area contributed by atoms with E-state index in [0.29, 0.717) is 6.04 Å². The Labute approximate surface area is 75.2 Å². The summed E-state index contributed by atoms with van der Waals surface area (Å²) >= 11 is 3.62. The molecule has 0 saturated heterocycles. The van der Waals surface area contributed by atoms with Crippen LogP contribution in [0.15, 0.2) is 4.99 Å². The minimum Gasteiger partial charge on any atom is -0.478 e. The van der Waals surface area contributed by atoms with Crippen LogP contribution >= 0.6 is 15.9 Å².